The number of hydrogen-bond acceptors (Lipinski definition) is 6. The lowest BCUT2D eigenvalue weighted by Gasteiger charge is -2.27. The molecule has 0 unspecified atom stereocenters. The van der Waals surface area contributed by atoms with Crippen molar-refractivity contribution in [3.8, 4) is 5.75 Å². The summed E-state index contributed by atoms with van der Waals surface area (Å²) in [5, 5.41) is 5.03. The van der Waals surface area contributed by atoms with Gasteiger partial charge in [0.1, 0.15) is 5.75 Å². The fourth-order valence-electron chi connectivity index (χ4n) is 4.76. The van der Waals surface area contributed by atoms with Crippen LogP contribution in [0.25, 0.3) is 12.2 Å². The highest BCUT2D eigenvalue weighted by atomic mass is 32.3. The molecule has 0 amide bonds. The monoisotopic (exact) mass is 618 g/mol. The Morgan fingerprint density at radius 2 is 1.26 bits per heavy atom. The second-order valence-corrected chi connectivity index (χ2v) is 15.3. The maximum atomic E-state index is 13.0. The molecule has 0 saturated heterocycles. The minimum atomic E-state index is -3.97. The topological polar surface area (TPSA) is 68.6 Å². The van der Waals surface area contributed by atoms with Crippen LogP contribution in [-0.2, 0) is 10.1 Å². The molecule has 0 radical (unpaired) electrons. The predicted octanol–water partition coefficient (Wildman–Crippen LogP) is 7.89. The van der Waals surface area contributed by atoms with Crippen molar-refractivity contribution in [1.29, 1.82) is 0 Å². The maximum Gasteiger partial charge on any atom is 0.348 e. The Balaban J connectivity index is 1.60. The van der Waals surface area contributed by atoms with Crippen molar-refractivity contribution >= 4 is 62.3 Å². The van der Waals surface area contributed by atoms with E-state index in [-0.39, 0.29) is 9.96 Å². The second kappa shape index (κ2) is 12.8. The number of rotatable bonds is 9. The first-order valence-corrected chi connectivity index (χ1v) is 17.6. The van der Waals surface area contributed by atoms with E-state index in [1.54, 1.807) is 36.0 Å². The van der Waals surface area contributed by atoms with Crippen molar-refractivity contribution < 1.29 is 12.6 Å². The molecule has 0 fully saturated rings. The van der Waals surface area contributed by atoms with E-state index in [1.165, 1.54) is 6.07 Å². The van der Waals surface area contributed by atoms with Gasteiger partial charge in [0.25, 0.3) is 0 Å². The van der Waals surface area contributed by atoms with Crippen LogP contribution in [-0.4, -0.2) is 13.4 Å². The number of pyridine rings is 1. The molecule has 0 saturated carbocycles. The molecule has 8 heteroatoms. The van der Waals surface area contributed by atoms with Gasteiger partial charge < -0.3 is 4.18 Å². The first-order valence-electron chi connectivity index (χ1n) is 13.5. The number of thiophene rings is 1. The van der Waals surface area contributed by atoms with Gasteiger partial charge in [-0.2, -0.15) is 8.42 Å². The molecule has 0 aliphatic heterocycles. The van der Waals surface area contributed by atoms with E-state index in [9.17, 15) is 8.42 Å². The van der Waals surface area contributed by atoms with Crippen LogP contribution in [0.3, 0.4) is 0 Å². The number of hydrogen-bond donors (Lipinski definition) is 0. The molecule has 0 spiro atoms. The zero-order valence-corrected chi connectivity index (χ0v) is 25.5. The molecule has 2 heterocycles. The average Bonchev–Trinajstić information content (AvgIpc) is 3.62. The summed E-state index contributed by atoms with van der Waals surface area (Å²) in [6.07, 6.45) is 7.36. The normalized spacial score (nSPS) is 11.8. The molecular weight excluding hydrogens is 592 g/mol. The minimum absolute atomic E-state index is 0.150. The number of aromatic nitrogens is 1. The van der Waals surface area contributed by atoms with E-state index in [0.717, 1.165) is 44.1 Å². The zero-order chi connectivity index (χ0) is 29.5. The van der Waals surface area contributed by atoms with Crippen LogP contribution in [0.2, 0.25) is 0 Å². The predicted molar refractivity (Wildman–Crippen MR) is 179 cm³/mol. The zero-order valence-electron chi connectivity index (χ0n) is 23.0. The van der Waals surface area contributed by atoms with Crippen molar-refractivity contribution in [2.24, 2.45) is 4.74 Å². The molecule has 43 heavy (non-hydrogen) atoms. The minimum Gasteiger partial charge on any atom is -0.378 e. The van der Waals surface area contributed by atoms with Crippen molar-refractivity contribution in [2.45, 2.75) is 4.21 Å². The molecule has 0 atom stereocenters. The molecule has 4 aromatic carbocycles. The van der Waals surface area contributed by atoms with E-state index in [4.69, 9.17) is 8.93 Å². The SMILES string of the molecule is O=S(=O)(Oc1ccc(N=P(c2ccccc2)(c2ccccc2)c2ccccc2)c(/C=C/c2ccncc2)c1)c1cccs1. The molecule has 0 aliphatic rings. The van der Waals surface area contributed by atoms with Crippen LogP contribution < -0.4 is 20.1 Å². The van der Waals surface area contributed by atoms with Gasteiger partial charge in [0.15, 0.2) is 4.21 Å². The van der Waals surface area contributed by atoms with Gasteiger partial charge in [-0.1, -0.05) is 109 Å². The Kier molecular flexibility index (Phi) is 8.47. The highest BCUT2D eigenvalue weighted by Gasteiger charge is 2.28. The Hall–Kier alpha value is -4.55. The summed E-state index contributed by atoms with van der Waals surface area (Å²) in [5.41, 5.74) is 2.40. The van der Waals surface area contributed by atoms with E-state index in [0.29, 0.717) is 0 Å². The summed E-state index contributed by atoms with van der Waals surface area (Å²) in [7, 11) is -6.54. The highest BCUT2D eigenvalue weighted by Crippen LogP contribution is 2.50. The molecule has 6 aromatic rings. The summed E-state index contributed by atoms with van der Waals surface area (Å²) < 4.78 is 37.3. The summed E-state index contributed by atoms with van der Waals surface area (Å²) in [5.74, 6) is 0.213. The quantitative estimate of drug-likeness (QED) is 0.122. The third kappa shape index (κ3) is 6.30. The molecule has 0 N–H and O–H groups in total. The fraction of sp³-hybridized carbons (Fsp3) is 0. The van der Waals surface area contributed by atoms with E-state index in [1.807, 2.05) is 84.9 Å². The van der Waals surface area contributed by atoms with Crippen LogP contribution in [0.1, 0.15) is 11.1 Å². The fourth-order valence-corrected chi connectivity index (χ4v) is 10.2. The Bertz CT molecular complexity index is 1890. The van der Waals surface area contributed by atoms with Crippen LogP contribution in [0.5, 0.6) is 5.75 Å². The second-order valence-electron chi connectivity index (χ2n) is 9.55. The standard InChI is InChI=1S/C35H27N2O3PS2/c38-43(39,35-17-10-26-42-35)40-30-20-21-34(29(27-30)19-18-28-22-24-36-25-23-28)37-41(31-11-4-1-5-12-31,32-13-6-2-7-14-32)33-15-8-3-9-16-33/h1-27H/b19-18+. The van der Waals surface area contributed by atoms with Gasteiger partial charge >= 0.3 is 10.1 Å². The van der Waals surface area contributed by atoms with Gasteiger partial charge in [0, 0.05) is 33.9 Å². The Morgan fingerprint density at radius 3 is 1.79 bits per heavy atom. The largest absolute Gasteiger partial charge is 0.378 e. The molecule has 2 aromatic heterocycles. The van der Waals surface area contributed by atoms with Crippen LogP contribution >= 0.6 is 18.4 Å². The van der Waals surface area contributed by atoms with Crippen LogP contribution in [0.4, 0.5) is 5.69 Å². The molecule has 0 bridgehead atoms. The van der Waals surface area contributed by atoms with Gasteiger partial charge in [0.05, 0.1) is 12.7 Å². The van der Waals surface area contributed by atoms with Crippen molar-refractivity contribution in [1.82, 2.24) is 4.98 Å². The molecule has 5 nitrogen and oxygen atoms in total. The van der Waals surface area contributed by atoms with Gasteiger partial charge in [-0.05, 0) is 47.3 Å². The first kappa shape index (κ1) is 28.6. The van der Waals surface area contributed by atoms with Gasteiger partial charge in [-0.25, -0.2) is 0 Å². The Morgan fingerprint density at radius 1 is 0.674 bits per heavy atom. The lowest BCUT2D eigenvalue weighted by atomic mass is 10.1. The summed E-state index contributed by atoms with van der Waals surface area (Å²) in [6, 6.07) is 43.4. The Labute approximate surface area is 256 Å². The smallest absolute Gasteiger partial charge is 0.348 e. The summed E-state index contributed by atoms with van der Waals surface area (Å²) >= 11 is 1.12. The van der Waals surface area contributed by atoms with E-state index >= 15 is 0 Å². The summed E-state index contributed by atoms with van der Waals surface area (Å²) in [6.45, 7) is 0. The third-order valence-corrected chi connectivity index (χ3v) is 13.0. The maximum absolute atomic E-state index is 13.0. The van der Waals surface area contributed by atoms with Gasteiger partial charge in [0.2, 0.25) is 0 Å². The van der Waals surface area contributed by atoms with Crippen molar-refractivity contribution in [2.75, 3.05) is 0 Å². The lowest BCUT2D eigenvalue weighted by Crippen LogP contribution is -2.25. The van der Waals surface area contributed by atoms with Crippen molar-refractivity contribution in [3.05, 3.63) is 162 Å². The molecule has 6 rings (SSSR count). The highest BCUT2D eigenvalue weighted by molar-refractivity contribution is 7.89. The first-order chi connectivity index (χ1) is 21.0. The van der Waals surface area contributed by atoms with Crippen LogP contribution in [0, 0.1) is 0 Å². The third-order valence-electron chi connectivity index (χ3n) is 6.76. The van der Waals surface area contributed by atoms with E-state index < -0.39 is 17.2 Å². The van der Waals surface area contributed by atoms with Gasteiger partial charge in [-0.15, -0.1) is 11.3 Å². The molecule has 212 valence electrons. The average molecular weight is 619 g/mol. The number of benzene rings is 4. The van der Waals surface area contributed by atoms with Crippen molar-refractivity contribution in [3.63, 3.8) is 0 Å². The van der Waals surface area contributed by atoms with E-state index in [2.05, 4.69) is 41.4 Å². The van der Waals surface area contributed by atoms with Gasteiger partial charge in [-0.3, -0.25) is 9.73 Å². The molecular formula is C35H27N2O3PS2. The molecule has 0 aliphatic carbocycles. The summed E-state index contributed by atoms with van der Waals surface area (Å²) in [4.78, 5) is 4.11. The van der Waals surface area contributed by atoms with Crippen LogP contribution in [0.15, 0.2) is 160 Å². The lowest BCUT2D eigenvalue weighted by molar-refractivity contribution is 0.488. The number of nitrogens with zero attached hydrogens (tertiary/aromatic N) is 2.